The maximum Gasteiger partial charge on any atom is 0.0465 e. The van der Waals surface area contributed by atoms with E-state index < -0.39 is 0 Å². The van der Waals surface area contributed by atoms with Crippen molar-refractivity contribution in [3.63, 3.8) is 0 Å². The van der Waals surface area contributed by atoms with Crippen molar-refractivity contribution in [2.75, 3.05) is 4.90 Å². The van der Waals surface area contributed by atoms with Crippen LogP contribution < -0.4 is 4.90 Å². The first-order valence-electron chi connectivity index (χ1n) is 19.5. The van der Waals surface area contributed by atoms with Crippen LogP contribution >= 0.6 is 0 Å². The van der Waals surface area contributed by atoms with Crippen molar-refractivity contribution in [3.05, 3.63) is 223 Å². The number of hydrogen-bond donors (Lipinski definition) is 0. The van der Waals surface area contributed by atoms with E-state index in [0.717, 1.165) is 17.1 Å². The Balaban J connectivity index is 1.09. The highest BCUT2D eigenvalue weighted by atomic mass is 15.1. The number of rotatable bonds is 7. The average molecular weight is 716 g/mol. The third-order valence-corrected chi connectivity index (χ3v) is 11.7. The zero-order valence-electron chi connectivity index (χ0n) is 31.7. The minimum atomic E-state index is -0.162. The summed E-state index contributed by atoms with van der Waals surface area (Å²) in [6.07, 6.45) is 0. The van der Waals surface area contributed by atoms with Gasteiger partial charge in [-0.15, -0.1) is 0 Å². The molecule has 1 aliphatic rings. The summed E-state index contributed by atoms with van der Waals surface area (Å²) in [5.74, 6) is 0. The van der Waals surface area contributed by atoms with E-state index in [0.29, 0.717) is 0 Å². The number of fused-ring (bicyclic) bond motifs is 4. The zero-order valence-corrected chi connectivity index (χ0v) is 31.7. The predicted molar refractivity (Wildman–Crippen MR) is 238 cm³/mol. The van der Waals surface area contributed by atoms with Gasteiger partial charge in [0.2, 0.25) is 0 Å². The second kappa shape index (κ2) is 13.7. The lowest BCUT2D eigenvalue weighted by atomic mass is 9.81. The van der Waals surface area contributed by atoms with Crippen molar-refractivity contribution >= 4 is 27.8 Å². The molecule has 0 aromatic heterocycles. The molecule has 0 amide bonds. The summed E-state index contributed by atoms with van der Waals surface area (Å²) < 4.78 is 0. The van der Waals surface area contributed by atoms with Crippen LogP contribution in [0.4, 0.5) is 17.1 Å². The molecule has 0 aliphatic heterocycles. The second-order valence-electron chi connectivity index (χ2n) is 15.4. The SMILES string of the molecule is CC1(C)c2cc(N(c3ccc(-c4ccccc4)cc3)c3ccc(-c4cc(-c5ccccc5)c5ccccc5c4)cc3)ccc2-c2c(-c3ccccc3)cccc21. The van der Waals surface area contributed by atoms with Crippen LogP contribution in [0, 0.1) is 0 Å². The summed E-state index contributed by atoms with van der Waals surface area (Å²) in [6, 6.07) is 77.5. The fraction of sp³-hybridized carbons (Fsp3) is 0.0545. The maximum atomic E-state index is 2.43. The zero-order chi connectivity index (χ0) is 37.6. The highest BCUT2D eigenvalue weighted by molar-refractivity contribution is 6.00. The van der Waals surface area contributed by atoms with Crippen LogP contribution in [0.15, 0.2) is 212 Å². The molecule has 0 fully saturated rings. The second-order valence-corrected chi connectivity index (χ2v) is 15.4. The Morgan fingerprint density at radius 3 is 1.48 bits per heavy atom. The molecule has 1 aliphatic carbocycles. The normalized spacial score (nSPS) is 12.6. The first-order chi connectivity index (χ1) is 27.5. The molecule has 0 spiro atoms. The summed E-state index contributed by atoms with van der Waals surface area (Å²) in [5.41, 5.74) is 18.4. The Labute approximate surface area is 329 Å². The van der Waals surface area contributed by atoms with Crippen molar-refractivity contribution in [1.29, 1.82) is 0 Å². The maximum absolute atomic E-state index is 2.43. The molecule has 0 N–H and O–H groups in total. The van der Waals surface area contributed by atoms with Crippen LogP contribution in [-0.2, 0) is 5.41 Å². The van der Waals surface area contributed by atoms with E-state index in [1.165, 1.54) is 77.5 Å². The molecule has 0 bridgehead atoms. The predicted octanol–water partition coefficient (Wildman–Crippen LogP) is 15.3. The number of benzene rings is 9. The van der Waals surface area contributed by atoms with Crippen LogP contribution in [0.2, 0.25) is 0 Å². The van der Waals surface area contributed by atoms with Gasteiger partial charge in [-0.05, 0) is 126 Å². The van der Waals surface area contributed by atoms with Crippen molar-refractivity contribution in [2.45, 2.75) is 19.3 Å². The quantitative estimate of drug-likeness (QED) is 0.159. The van der Waals surface area contributed by atoms with E-state index in [9.17, 15) is 0 Å². The molecule has 9 aromatic carbocycles. The van der Waals surface area contributed by atoms with Gasteiger partial charge < -0.3 is 4.90 Å². The molecular weight excluding hydrogens is 675 g/mol. The molecule has 9 aromatic rings. The smallest absolute Gasteiger partial charge is 0.0465 e. The first-order valence-corrected chi connectivity index (χ1v) is 19.5. The Bertz CT molecular complexity index is 2840. The molecule has 0 saturated heterocycles. The van der Waals surface area contributed by atoms with Gasteiger partial charge in [-0.25, -0.2) is 0 Å². The Hall–Kier alpha value is -6.96. The molecule has 0 atom stereocenters. The van der Waals surface area contributed by atoms with Crippen LogP contribution in [0.25, 0.3) is 66.4 Å². The van der Waals surface area contributed by atoms with Gasteiger partial charge in [-0.1, -0.05) is 178 Å². The molecule has 266 valence electrons. The van der Waals surface area contributed by atoms with Gasteiger partial charge in [-0.2, -0.15) is 0 Å². The van der Waals surface area contributed by atoms with Gasteiger partial charge in [0.1, 0.15) is 0 Å². The summed E-state index contributed by atoms with van der Waals surface area (Å²) in [7, 11) is 0. The molecule has 0 radical (unpaired) electrons. The largest absolute Gasteiger partial charge is 0.310 e. The standard InChI is InChI=1S/C55H41N/c1-55(2)52-24-14-23-49(41-17-8-4-9-18-41)54(52)50-34-33-47(37-53(50)55)56(45-29-25-39(26-30-45)38-15-6-3-7-16-38)46-31-27-40(28-32-46)44-35-43-21-12-13-22-48(43)51(36-44)42-19-10-5-11-20-42/h3-37H,1-2H3. The van der Waals surface area contributed by atoms with Gasteiger partial charge in [-0.3, -0.25) is 0 Å². The van der Waals surface area contributed by atoms with E-state index in [2.05, 4.69) is 231 Å². The van der Waals surface area contributed by atoms with Crippen molar-refractivity contribution < 1.29 is 0 Å². The lowest BCUT2D eigenvalue weighted by molar-refractivity contribution is 0.660. The third kappa shape index (κ3) is 5.81. The lowest BCUT2D eigenvalue weighted by Gasteiger charge is -2.28. The van der Waals surface area contributed by atoms with E-state index in [4.69, 9.17) is 0 Å². The third-order valence-electron chi connectivity index (χ3n) is 11.7. The minimum Gasteiger partial charge on any atom is -0.310 e. The van der Waals surface area contributed by atoms with Crippen LogP contribution in [0.3, 0.4) is 0 Å². The minimum absolute atomic E-state index is 0.162. The molecular formula is C55H41N. The Morgan fingerprint density at radius 1 is 0.321 bits per heavy atom. The van der Waals surface area contributed by atoms with Gasteiger partial charge in [0.05, 0.1) is 0 Å². The Morgan fingerprint density at radius 2 is 0.839 bits per heavy atom. The van der Waals surface area contributed by atoms with Gasteiger partial charge in [0, 0.05) is 22.5 Å². The van der Waals surface area contributed by atoms with Crippen LogP contribution in [0.1, 0.15) is 25.0 Å². The molecule has 0 saturated carbocycles. The van der Waals surface area contributed by atoms with E-state index in [1.807, 2.05) is 0 Å². The number of nitrogens with zero attached hydrogens (tertiary/aromatic N) is 1. The molecule has 10 rings (SSSR count). The fourth-order valence-electron chi connectivity index (χ4n) is 8.79. The molecule has 1 nitrogen and oxygen atoms in total. The van der Waals surface area contributed by atoms with Crippen molar-refractivity contribution in [2.24, 2.45) is 0 Å². The van der Waals surface area contributed by atoms with E-state index in [1.54, 1.807) is 0 Å². The van der Waals surface area contributed by atoms with Crippen molar-refractivity contribution in [3.8, 4) is 55.6 Å². The van der Waals surface area contributed by atoms with Crippen LogP contribution in [-0.4, -0.2) is 0 Å². The van der Waals surface area contributed by atoms with Crippen LogP contribution in [0.5, 0.6) is 0 Å². The summed E-state index contributed by atoms with van der Waals surface area (Å²) in [4.78, 5) is 2.41. The molecule has 0 unspecified atom stereocenters. The van der Waals surface area contributed by atoms with E-state index in [-0.39, 0.29) is 5.41 Å². The molecule has 1 heteroatoms. The van der Waals surface area contributed by atoms with Gasteiger partial charge in [0.25, 0.3) is 0 Å². The van der Waals surface area contributed by atoms with Crippen molar-refractivity contribution in [1.82, 2.24) is 0 Å². The Kier molecular flexibility index (Phi) is 8.23. The topological polar surface area (TPSA) is 3.24 Å². The number of anilines is 3. The molecule has 56 heavy (non-hydrogen) atoms. The number of hydrogen-bond acceptors (Lipinski definition) is 1. The summed E-state index contributed by atoms with van der Waals surface area (Å²) >= 11 is 0. The highest BCUT2D eigenvalue weighted by Gasteiger charge is 2.37. The van der Waals surface area contributed by atoms with Gasteiger partial charge in [0.15, 0.2) is 0 Å². The summed E-state index contributed by atoms with van der Waals surface area (Å²) in [5, 5.41) is 2.51. The first kappa shape index (κ1) is 33.6. The molecule has 0 heterocycles. The lowest BCUT2D eigenvalue weighted by Crippen LogP contribution is -2.16. The monoisotopic (exact) mass is 715 g/mol. The average Bonchev–Trinajstić information content (AvgIpc) is 3.50. The fourth-order valence-corrected chi connectivity index (χ4v) is 8.79. The van der Waals surface area contributed by atoms with E-state index >= 15 is 0 Å². The summed E-state index contributed by atoms with van der Waals surface area (Å²) in [6.45, 7) is 4.74. The highest BCUT2D eigenvalue weighted by Crippen LogP contribution is 2.53. The van der Waals surface area contributed by atoms with Gasteiger partial charge >= 0.3 is 0 Å².